The molecule has 0 aliphatic heterocycles. The van der Waals surface area contributed by atoms with Crippen LogP contribution in [0.4, 0.5) is 13.2 Å². The molecule has 1 aromatic carbocycles. The SMILES string of the molecule is Cc1ncncc1COc1ccc(-c2cc(C(N)=O)c(=O)[nH]c2C(F)(F)F)cc1. The van der Waals surface area contributed by atoms with Crippen LogP contribution in [-0.4, -0.2) is 20.9 Å². The summed E-state index contributed by atoms with van der Waals surface area (Å²) < 4.78 is 45.7. The summed E-state index contributed by atoms with van der Waals surface area (Å²) in [6.45, 7) is 1.99. The molecule has 0 spiro atoms. The zero-order valence-electron chi connectivity index (χ0n) is 15.1. The molecule has 2 aromatic heterocycles. The summed E-state index contributed by atoms with van der Waals surface area (Å²) >= 11 is 0. The van der Waals surface area contributed by atoms with Gasteiger partial charge in [0.15, 0.2) is 0 Å². The molecule has 0 atom stereocenters. The maximum Gasteiger partial charge on any atom is 0.431 e. The monoisotopic (exact) mass is 404 g/mol. The smallest absolute Gasteiger partial charge is 0.431 e. The van der Waals surface area contributed by atoms with E-state index in [2.05, 4.69) is 9.97 Å². The predicted octanol–water partition coefficient (Wildman–Crippen LogP) is 2.84. The number of benzene rings is 1. The van der Waals surface area contributed by atoms with Gasteiger partial charge in [-0.2, -0.15) is 13.2 Å². The maximum absolute atomic E-state index is 13.3. The maximum atomic E-state index is 13.3. The van der Waals surface area contributed by atoms with Gasteiger partial charge in [-0.15, -0.1) is 0 Å². The van der Waals surface area contributed by atoms with Gasteiger partial charge in [-0.05, 0) is 30.7 Å². The van der Waals surface area contributed by atoms with E-state index >= 15 is 0 Å². The van der Waals surface area contributed by atoms with Crippen LogP contribution in [0.2, 0.25) is 0 Å². The average Bonchev–Trinajstić information content (AvgIpc) is 2.67. The second kappa shape index (κ2) is 7.74. The number of halogens is 3. The minimum absolute atomic E-state index is 0.127. The summed E-state index contributed by atoms with van der Waals surface area (Å²) in [5.41, 5.74) is 3.33. The third-order valence-corrected chi connectivity index (χ3v) is 4.16. The normalized spacial score (nSPS) is 11.3. The number of carbonyl (C=O) groups excluding carboxylic acids is 1. The Balaban J connectivity index is 1.93. The van der Waals surface area contributed by atoms with E-state index in [0.29, 0.717) is 5.75 Å². The minimum Gasteiger partial charge on any atom is -0.489 e. The van der Waals surface area contributed by atoms with Crippen molar-refractivity contribution in [2.24, 2.45) is 5.73 Å². The standard InChI is InChI=1S/C19H15F3N4O3/c1-10-12(7-24-9-25-10)8-29-13-4-2-11(3-5-13)14-6-15(17(23)27)18(28)26-16(14)19(20,21)22/h2-7,9H,8H2,1H3,(H2,23,27)(H,26,28). The first kappa shape index (κ1) is 20.1. The molecule has 0 fully saturated rings. The Hall–Kier alpha value is -3.69. The van der Waals surface area contributed by atoms with Crippen molar-refractivity contribution in [2.45, 2.75) is 19.7 Å². The highest BCUT2D eigenvalue weighted by molar-refractivity contribution is 5.94. The van der Waals surface area contributed by atoms with Crippen molar-refractivity contribution in [2.75, 3.05) is 0 Å². The van der Waals surface area contributed by atoms with Crippen LogP contribution in [0, 0.1) is 6.92 Å². The highest BCUT2D eigenvalue weighted by Gasteiger charge is 2.36. The van der Waals surface area contributed by atoms with Crippen molar-refractivity contribution in [1.82, 2.24) is 15.0 Å². The fraction of sp³-hybridized carbons (Fsp3) is 0.158. The van der Waals surface area contributed by atoms with Gasteiger partial charge >= 0.3 is 6.18 Å². The van der Waals surface area contributed by atoms with Crippen LogP contribution < -0.4 is 16.0 Å². The van der Waals surface area contributed by atoms with Gasteiger partial charge in [0.1, 0.15) is 29.9 Å². The number of rotatable bonds is 5. The third-order valence-electron chi connectivity index (χ3n) is 4.16. The van der Waals surface area contributed by atoms with Crippen LogP contribution in [0.15, 0.2) is 47.7 Å². The highest BCUT2D eigenvalue weighted by atomic mass is 19.4. The molecule has 0 unspecified atom stereocenters. The second-order valence-corrected chi connectivity index (χ2v) is 6.11. The molecule has 0 aliphatic carbocycles. The zero-order chi connectivity index (χ0) is 21.2. The fourth-order valence-electron chi connectivity index (χ4n) is 2.62. The number of nitrogens with one attached hydrogen (secondary N) is 1. The first-order valence-electron chi connectivity index (χ1n) is 8.30. The number of ether oxygens (including phenoxy) is 1. The molecule has 0 aliphatic rings. The number of nitrogens with zero attached hydrogens (tertiary/aromatic N) is 2. The van der Waals surface area contributed by atoms with E-state index < -0.39 is 28.9 Å². The first-order valence-corrected chi connectivity index (χ1v) is 8.30. The van der Waals surface area contributed by atoms with Crippen molar-refractivity contribution in [1.29, 1.82) is 0 Å². The Morgan fingerprint density at radius 1 is 1.24 bits per heavy atom. The van der Waals surface area contributed by atoms with E-state index in [4.69, 9.17) is 10.5 Å². The number of aryl methyl sites for hydroxylation is 1. The number of nitrogens with two attached hydrogens (primary N) is 1. The number of aromatic amines is 1. The summed E-state index contributed by atoms with van der Waals surface area (Å²) in [6, 6.07) is 6.56. The molecule has 150 valence electrons. The number of H-pyrrole nitrogens is 1. The Kier molecular flexibility index (Phi) is 5.35. The fourth-order valence-corrected chi connectivity index (χ4v) is 2.62. The molecule has 0 saturated carbocycles. The van der Waals surface area contributed by atoms with E-state index in [1.54, 1.807) is 18.1 Å². The molecule has 0 saturated heterocycles. The summed E-state index contributed by atoms with van der Waals surface area (Å²) in [5, 5.41) is 0. The molecule has 3 N–H and O–H groups in total. The Morgan fingerprint density at radius 2 is 1.93 bits per heavy atom. The second-order valence-electron chi connectivity index (χ2n) is 6.11. The first-order chi connectivity index (χ1) is 13.7. The van der Waals surface area contributed by atoms with Crippen LogP contribution >= 0.6 is 0 Å². The van der Waals surface area contributed by atoms with E-state index in [1.807, 2.05) is 0 Å². The van der Waals surface area contributed by atoms with Gasteiger partial charge in [-0.3, -0.25) is 9.59 Å². The number of aromatic nitrogens is 3. The lowest BCUT2D eigenvalue weighted by molar-refractivity contribution is -0.140. The zero-order valence-corrected chi connectivity index (χ0v) is 15.1. The topological polar surface area (TPSA) is 111 Å². The molecule has 0 radical (unpaired) electrons. The summed E-state index contributed by atoms with van der Waals surface area (Å²) in [7, 11) is 0. The number of pyridine rings is 1. The van der Waals surface area contributed by atoms with E-state index in [-0.39, 0.29) is 17.7 Å². The van der Waals surface area contributed by atoms with Gasteiger partial charge in [0, 0.05) is 23.0 Å². The quantitative estimate of drug-likeness (QED) is 0.679. The molecule has 0 bridgehead atoms. The molecular weight excluding hydrogens is 389 g/mol. The lowest BCUT2D eigenvalue weighted by Gasteiger charge is -2.14. The van der Waals surface area contributed by atoms with Crippen LogP contribution in [0.1, 0.15) is 27.3 Å². The van der Waals surface area contributed by atoms with Crippen LogP contribution in [-0.2, 0) is 12.8 Å². The predicted molar refractivity (Wildman–Crippen MR) is 97.1 cm³/mol. The number of hydrogen-bond donors (Lipinski definition) is 2. The van der Waals surface area contributed by atoms with Crippen LogP contribution in [0.25, 0.3) is 11.1 Å². The van der Waals surface area contributed by atoms with Gasteiger partial charge in [0.2, 0.25) is 0 Å². The van der Waals surface area contributed by atoms with Crippen molar-refractivity contribution in [3.63, 3.8) is 0 Å². The number of amides is 1. The number of alkyl halides is 3. The Morgan fingerprint density at radius 3 is 2.52 bits per heavy atom. The molecule has 29 heavy (non-hydrogen) atoms. The molecule has 1 amide bonds. The lowest BCUT2D eigenvalue weighted by Crippen LogP contribution is -2.27. The molecule has 10 heteroatoms. The van der Waals surface area contributed by atoms with Gasteiger partial charge in [0.05, 0.1) is 0 Å². The Bertz CT molecular complexity index is 1110. The lowest BCUT2D eigenvalue weighted by atomic mass is 10.0. The van der Waals surface area contributed by atoms with Gasteiger partial charge < -0.3 is 15.5 Å². The highest BCUT2D eigenvalue weighted by Crippen LogP contribution is 2.35. The van der Waals surface area contributed by atoms with Gasteiger partial charge in [0.25, 0.3) is 11.5 Å². The van der Waals surface area contributed by atoms with Crippen LogP contribution in [0.3, 0.4) is 0 Å². The average molecular weight is 404 g/mol. The third kappa shape index (κ3) is 4.42. The largest absolute Gasteiger partial charge is 0.489 e. The molecule has 2 heterocycles. The van der Waals surface area contributed by atoms with E-state index in [9.17, 15) is 22.8 Å². The summed E-state index contributed by atoms with van der Waals surface area (Å²) in [6.07, 6.45) is -1.81. The molecule has 7 nitrogen and oxygen atoms in total. The van der Waals surface area contributed by atoms with Crippen molar-refractivity contribution >= 4 is 5.91 Å². The van der Waals surface area contributed by atoms with Crippen LogP contribution in [0.5, 0.6) is 5.75 Å². The summed E-state index contributed by atoms with van der Waals surface area (Å²) in [4.78, 5) is 32.7. The van der Waals surface area contributed by atoms with E-state index in [1.165, 1.54) is 30.6 Å². The van der Waals surface area contributed by atoms with E-state index in [0.717, 1.165) is 17.3 Å². The number of hydrogen-bond acceptors (Lipinski definition) is 5. The number of carbonyl (C=O) groups is 1. The summed E-state index contributed by atoms with van der Waals surface area (Å²) in [5.74, 6) is -0.716. The Labute approximate surface area is 162 Å². The molecule has 3 rings (SSSR count). The molecule has 3 aromatic rings. The minimum atomic E-state index is -4.83. The molecular formula is C19H15F3N4O3. The van der Waals surface area contributed by atoms with Crippen molar-refractivity contribution in [3.8, 4) is 16.9 Å². The number of primary amides is 1. The van der Waals surface area contributed by atoms with Crippen molar-refractivity contribution < 1.29 is 22.7 Å². The van der Waals surface area contributed by atoms with Gasteiger partial charge in [-0.1, -0.05) is 12.1 Å². The van der Waals surface area contributed by atoms with Gasteiger partial charge in [-0.25, -0.2) is 9.97 Å². The van der Waals surface area contributed by atoms with Crippen molar-refractivity contribution in [3.05, 3.63) is 75.7 Å².